The lowest BCUT2D eigenvalue weighted by Gasteiger charge is -2.32. The van der Waals surface area contributed by atoms with Crippen molar-refractivity contribution in [3.05, 3.63) is 98.5 Å². The van der Waals surface area contributed by atoms with E-state index in [1.54, 1.807) is 36.4 Å². The van der Waals surface area contributed by atoms with Crippen LogP contribution in [-0.2, 0) is 22.6 Å². The maximum absolute atomic E-state index is 13.7. The number of hydrogen-bond acceptors (Lipinski definition) is 3. The van der Waals surface area contributed by atoms with Crippen LogP contribution in [0.15, 0.2) is 66.7 Å². The molecule has 3 aromatic carbocycles. The average molecular weight is 562 g/mol. The van der Waals surface area contributed by atoms with Gasteiger partial charge >= 0.3 is 0 Å². The maximum Gasteiger partial charge on any atom is 0.261 e. The Morgan fingerprint density at radius 1 is 0.919 bits per heavy atom. The Bertz CT molecular complexity index is 1200. The number of amides is 2. The van der Waals surface area contributed by atoms with Gasteiger partial charge < -0.3 is 15.0 Å². The lowest BCUT2D eigenvalue weighted by molar-refractivity contribution is -0.142. The summed E-state index contributed by atoms with van der Waals surface area (Å²) in [6.45, 7) is 6.15. The van der Waals surface area contributed by atoms with Crippen LogP contribution in [0.2, 0.25) is 15.1 Å². The molecule has 5 nitrogen and oxygen atoms in total. The lowest BCUT2D eigenvalue weighted by atomic mass is 10.0. The predicted molar refractivity (Wildman–Crippen MR) is 150 cm³/mol. The summed E-state index contributed by atoms with van der Waals surface area (Å²) in [5, 5.41) is 4.43. The van der Waals surface area contributed by atoms with Crippen LogP contribution in [0, 0.1) is 12.8 Å². The van der Waals surface area contributed by atoms with E-state index in [1.165, 1.54) is 4.90 Å². The standard InChI is InChI=1S/C29H31Cl3N2O3/c1-19(2)16-33-29(36)27(15-21-8-5-4-6-9-21)34(17-23-25(31)10-7-11-26(23)32)28(35)18-37-22-12-13-24(30)20(3)14-22/h4-14,19,27H,15-18H2,1-3H3,(H,33,36)/t27-/m0/s1. The number of halogens is 3. The van der Waals surface area contributed by atoms with Crippen molar-refractivity contribution in [2.75, 3.05) is 13.2 Å². The first kappa shape index (κ1) is 28.8. The zero-order chi connectivity index (χ0) is 26.9. The third-order valence-electron chi connectivity index (χ3n) is 5.84. The first-order chi connectivity index (χ1) is 17.7. The molecule has 0 unspecified atom stereocenters. The number of hydrogen-bond donors (Lipinski definition) is 1. The van der Waals surface area contributed by atoms with E-state index >= 15 is 0 Å². The van der Waals surface area contributed by atoms with Gasteiger partial charge in [-0.25, -0.2) is 0 Å². The van der Waals surface area contributed by atoms with Crippen LogP contribution in [0.3, 0.4) is 0 Å². The molecule has 0 bridgehead atoms. The fraction of sp³-hybridized carbons (Fsp3) is 0.310. The summed E-state index contributed by atoms with van der Waals surface area (Å²) in [6, 6.07) is 19.1. The van der Waals surface area contributed by atoms with Crippen LogP contribution in [0.1, 0.15) is 30.5 Å². The van der Waals surface area contributed by atoms with E-state index < -0.39 is 6.04 Å². The van der Waals surface area contributed by atoms with Crippen molar-refractivity contribution < 1.29 is 14.3 Å². The summed E-state index contributed by atoms with van der Waals surface area (Å²) in [6.07, 6.45) is 0.318. The first-order valence-electron chi connectivity index (χ1n) is 12.1. The van der Waals surface area contributed by atoms with Gasteiger partial charge in [0.2, 0.25) is 5.91 Å². The molecule has 1 atom stereocenters. The molecule has 0 radical (unpaired) electrons. The van der Waals surface area contributed by atoms with Crippen LogP contribution in [-0.4, -0.2) is 35.9 Å². The minimum atomic E-state index is -0.809. The van der Waals surface area contributed by atoms with E-state index in [0.717, 1.165) is 11.1 Å². The summed E-state index contributed by atoms with van der Waals surface area (Å²) >= 11 is 19.0. The van der Waals surface area contributed by atoms with Crippen LogP contribution in [0.4, 0.5) is 0 Å². The molecule has 2 amide bonds. The van der Waals surface area contributed by atoms with E-state index in [1.807, 2.05) is 51.1 Å². The van der Waals surface area contributed by atoms with E-state index in [2.05, 4.69) is 5.32 Å². The molecule has 1 N–H and O–H groups in total. The van der Waals surface area contributed by atoms with Gasteiger partial charge in [-0.2, -0.15) is 0 Å². The van der Waals surface area contributed by atoms with Crippen LogP contribution < -0.4 is 10.1 Å². The highest BCUT2D eigenvalue weighted by Crippen LogP contribution is 2.27. The number of ether oxygens (including phenoxy) is 1. The predicted octanol–water partition coefficient (Wildman–Crippen LogP) is 6.75. The summed E-state index contributed by atoms with van der Waals surface area (Å²) in [5.41, 5.74) is 2.32. The molecular formula is C29H31Cl3N2O3. The number of nitrogens with zero attached hydrogens (tertiary/aromatic N) is 1. The molecule has 3 rings (SSSR count). The van der Waals surface area contributed by atoms with E-state index in [4.69, 9.17) is 39.5 Å². The monoisotopic (exact) mass is 560 g/mol. The maximum atomic E-state index is 13.7. The Balaban J connectivity index is 1.95. The minimum Gasteiger partial charge on any atom is -0.484 e. The molecule has 0 heterocycles. The lowest BCUT2D eigenvalue weighted by Crippen LogP contribution is -2.52. The molecule has 0 aliphatic rings. The number of nitrogens with one attached hydrogen (secondary N) is 1. The van der Waals surface area contributed by atoms with Crippen LogP contribution in [0.5, 0.6) is 5.75 Å². The quantitative estimate of drug-likeness (QED) is 0.282. The Labute approximate surface area is 233 Å². The largest absolute Gasteiger partial charge is 0.484 e. The Kier molecular flexibility index (Phi) is 10.7. The highest BCUT2D eigenvalue weighted by atomic mass is 35.5. The number of carbonyl (C=O) groups excluding carboxylic acids is 2. The second kappa shape index (κ2) is 13.7. The molecule has 196 valence electrons. The molecule has 0 aliphatic heterocycles. The fourth-order valence-electron chi connectivity index (χ4n) is 3.77. The highest BCUT2D eigenvalue weighted by Gasteiger charge is 2.31. The third kappa shape index (κ3) is 8.39. The van der Waals surface area contributed by atoms with E-state index in [9.17, 15) is 9.59 Å². The zero-order valence-corrected chi connectivity index (χ0v) is 23.4. The first-order valence-corrected chi connectivity index (χ1v) is 13.2. The molecule has 8 heteroatoms. The van der Waals surface area contributed by atoms with Gasteiger partial charge in [0.05, 0.1) is 0 Å². The van der Waals surface area contributed by atoms with Crippen molar-refractivity contribution >= 4 is 46.6 Å². The van der Waals surface area contributed by atoms with Crippen molar-refractivity contribution in [2.24, 2.45) is 5.92 Å². The third-order valence-corrected chi connectivity index (χ3v) is 6.97. The molecule has 0 fully saturated rings. The molecule has 0 spiro atoms. The molecule has 3 aromatic rings. The molecule has 0 saturated heterocycles. The summed E-state index contributed by atoms with van der Waals surface area (Å²) in [4.78, 5) is 28.7. The smallest absolute Gasteiger partial charge is 0.261 e. The number of aryl methyl sites for hydroxylation is 1. The molecular weight excluding hydrogens is 531 g/mol. The summed E-state index contributed by atoms with van der Waals surface area (Å²) < 4.78 is 5.81. The topological polar surface area (TPSA) is 58.6 Å². The van der Waals surface area contributed by atoms with Crippen LogP contribution in [0.25, 0.3) is 0 Å². The Morgan fingerprint density at radius 2 is 1.59 bits per heavy atom. The Hall–Kier alpha value is -2.73. The molecule has 0 saturated carbocycles. The van der Waals surface area contributed by atoms with Gasteiger partial charge in [-0.05, 0) is 54.3 Å². The van der Waals surface area contributed by atoms with Gasteiger partial charge in [-0.3, -0.25) is 9.59 Å². The highest BCUT2D eigenvalue weighted by molar-refractivity contribution is 6.36. The van der Waals surface area contributed by atoms with Crippen molar-refractivity contribution in [3.63, 3.8) is 0 Å². The summed E-state index contributed by atoms with van der Waals surface area (Å²) in [7, 11) is 0. The average Bonchev–Trinajstić information content (AvgIpc) is 2.87. The van der Waals surface area contributed by atoms with Gasteiger partial charge in [0, 0.05) is 40.1 Å². The summed E-state index contributed by atoms with van der Waals surface area (Å²) in [5.74, 6) is 0.135. The van der Waals surface area contributed by atoms with E-state index in [0.29, 0.717) is 39.3 Å². The van der Waals surface area contributed by atoms with Gasteiger partial charge in [0.25, 0.3) is 5.91 Å². The number of benzene rings is 3. The van der Waals surface area contributed by atoms with Crippen molar-refractivity contribution in [1.29, 1.82) is 0 Å². The second-order valence-corrected chi connectivity index (χ2v) is 10.5. The second-order valence-electron chi connectivity index (χ2n) is 9.27. The van der Waals surface area contributed by atoms with Crippen molar-refractivity contribution in [1.82, 2.24) is 10.2 Å². The van der Waals surface area contributed by atoms with Crippen molar-refractivity contribution in [3.8, 4) is 5.75 Å². The van der Waals surface area contributed by atoms with Crippen LogP contribution >= 0.6 is 34.8 Å². The molecule has 0 aliphatic carbocycles. The van der Waals surface area contributed by atoms with Crippen molar-refractivity contribution in [2.45, 2.75) is 39.8 Å². The number of rotatable bonds is 11. The molecule has 0 aromatic heterocycles. The number of carbonyl (C=O) groups is 2. The normalized spacial score (nSPS) is 11.8. The minimum absolute atomic E-state index is 0.0486. The Morgan fingerprint density at radius 3 is 2.22 bits per heavy atom. The zero-order valence-electron chi connectivity index (χ0n) is 21.1. The van der Waals surface area contributed by atoms with Gasteiger partial charge in [0.1, 0.15) is 11.8 Å². The fourth-order valence-corrected chi connectivity index (χ4v) is 4.40. The van der Waals surface area contributed by atoms with E-state index in [-0.39, 0.29) is 30.9 Å². The SMILES string of the molecule is Cc1cc(OCC(=O)N(Cc2c(Cl)cccc2Cl)[C@@H](Cc2ccccc2)C(=O)NCC(C)C)ccc1Cl. The van der Waals surface area contributed by atoms with Gasteiger partial charge in [0.15, 0.2) is 6.61 Å². The molecule has 37 heavy (non-hydrogen) atoms. The van der Waals surface area contributed by atoms with Gasteiger partial charge in [-0.1, -0.05) is 85.0 Å². The van der Waals surface area contributed by atoms with Gasteiger partial charge in [-0.15, -0.1) is 0 Å².